The maximum Gasteiger partial charge on any atom is 0.298 e. The van der Waals surface area contributed by atoms with Crippen molar-refractivity contribution in [3.05, 3.63) is 71.3 Å². The molecule has 33 heavy (non-hydrogen) atoms. The van der Waals surface area contributed by atoms with E-state index in [1.54, 1.807) is 25.1 Å². The van der Waals surface area contributed by atoms with Crippen LogP contribution in [0.5, 0.6) is 23.0 Å². The van der Waals surface area contributed by atoms with Crippen LogP contribution in [0, 0.1) is 12.3 Å². The van der Waals surface area contributed by atoms with E-state index < -0.39 is 0 Å². The number of rotatable bonds is 8. The van der Waals surface area contributed by atoms with Gasteiger partial charge in [0.2, 0.25) is 0 Å². The van der Waals surface area contributed by atoms with E-state index in [9.17, 15) is 19.8 Å². The first-order valence-corrected chi connectivity index (χ1v) is 10.6. The van der Waals surface area contributed by atoms with E-state index in [2.05, 4.69) is 0 Å². The molecule has 0 unspecified atom stereocenters. The molecule has 0 atom stereocenters. The van der Waals surface area contributed by atoms with Crippen molar-refractivity contribution in [2.75, 3.05) is 0 Å². The predicted octanol–water partition coefficient (Wildman–Crippen LogP) is 5.81. The summed E-state index contributed by atoms with van der Waals surface area (Å²) in [6, 6.07) is 15.7. The molecule has 0 fully saturated rings. The van der Waals surface area contributed by atoms with Crippen LogP contribution in [0.15, 0.2) is 54.6 Å². The number of phenols is 2. The molecule has 0 heterocycles. The van der Waals surface area contributed by atoms with Crippen LogP contribution in [0.4, 0.5) is 0 Å². The molecule has 0 aromatic heterocycles. The summed E-state index contributed by atoms with van der Waals surface area (Å²) < 4.78 is 10.6. The number of aromatic hydroxyl groups is 2. The van der Waals surface area contributed by atoms with Crippen molar-refractivity contribution in [3.63, 3.8) is 0 Å². The Kier molecular flexibility index (Phi) is 7.07. The number of ketones is 1. The van der Waals surface area contributed by atoms with Gasteiger partial charge in [0.1, 0.15) is 18.1 Å². The van der Waals surface area contributed by atoms with Gasteiger partial charge in [-0.25, -0.2) is 0 Å². The zero-order valence-corrected chi connectivity index (χ0v) is 19.2. The van der Waals surface area contributed by atoms with E-state index in [4.69, 9.17) is 9.47 Å². The van der Waals surface area contributed by atoms with E-state index in [1.165, 1.54) is 12.1 Å². The number of hydrogen-bond acceptors (Lipinski definition) is 6. The normalized spacial score (nSPS) is 11.2. The SMILES string of the molecule is Cc1c(OCc2cccc(-c3ccc(OC=O)c(O)c3)c2)ccc(C(=O)CC(C)(C)C)c1O. The van der Waals surface area contributed by atoms with Crippen LogP contribution in [-0.4, -0.2) is 22.5 Å². The standard InChI is InChI=1S/C27H28O6/c1-17-24(11-9-21(26(17)31)23(30)14-27(2,3)4)32-15-18-6-5-7-19(12-18)20-8-10-25(33-16-28)22(29)13-20/h5-13,16,29,31H,14-15H2,1-4H3. The number of benzene rings is 3. The summed E-state index contributed by atoms with van der Waals surface area (Å²) in [4.78, 5) is 23.0. The molecule has 0 bridgehead atoms. The van der Waals surface area contributed by atoms with Crippen molar-refractivity contribution in [1.82, 2.24) is 0 Å². The van der Waals surface area contributed by atoms with Gasteiger partial charge in [-0.1, -0.05) is 45.0 Å². The van der Waals surface area contributed by atoms with Crippen LogP contribution in [0.1, 0.15) is 48.7 Å². The lowest BCUT2D eigenvalue weighted by molar-refractivity contribution is -0.120. The molecule has 2 N–H and O–H groups in total. The van der Waals surface area contributed by atoms with Crippen LogP contribution in [0.3, 0.4) is 0 Å². The molecule has 0 aliphatic heterocycles. The van der Waals surface area contributed by atoms with Gasteiger partial charge in [-0.15, -0.1) is 0 Å². The molecular weight excluding hydrogens is 420 g/mol. The molecule has 0 aliphatic rings. The summed E-state index contributed by atoms with van der Waals surface area (Å²) >= 11 is 0. The van der Waals surface area contributed by atoms with Gasteiger partial charge in [-0.3, -0.25) is 9.59 Å². The quantitative estimate of drug-likeness (QED) is 0.334. The smallest absolute Gasteiger partial charge is 0.298 e. The fourth-order valence-electron chi connectivity index (χ4n) is 3.49. The van der Waals surface area contributed by atoms with Gasteiger partial charge in [0, 0.05) is 12.0 Å². The first-order chi connectivity index (χ1) is 15.6. The Balaban J connectivity index is 1.75. The second kappa shape index (κ2) is 9.77. The summed E-state index contributed by atoms with van der Waals surface area (Å²) in [6.07, 6.45) is 0.338. The lowest BCUT2D eigenvalue weighted by atomic mass is 9.87. The first kappa shape index (κ1) is 23.9. The minimum Gasteiger partial charge on any atom is -0.507 e. The molecular formula is C27H28O6. The van der Waals surface area contributed by atoms with Gasteiger partial charge in [0.25, 0.3) is 6.47 Å². The zero-order valence-electron chi connectivity index (χ0n) is 19.2. The molecule has 0 spiro atoms. The molecule has 0 radical (unpaired) electrons. The Morgan fingerprint density at radius 3 is 2.33 bits per heavy atom. The third-order valence-electron chi connectivity index (χ3n) is 5.16. The topological polar surface area (TPSA) is 93.1 Å². The van der Waals surface area contributed by atoms with Gasteiger partial charge in [0.15, 0.2) is 17.3 Å². The third kappa shape index (κ3) is 5.92. The molecule has 3 aromatic carbocycles. The lowest BCUT2D eigenvalue weighted by Crippen LogP contribution is -2.13. The summed E-state index contributed by atoms with van der Waals surface area (Å²) in [5, 5.41) is 20.6. The average Bonchev–Trinajstić information content (AvgIpc) is 2.75. The van der Waals surface area contributed by atoms with Gasteiger partial charge < -0.3 is 19.7 Å². The monoisotopic (exact) mass is 448 g/mol. The number of phenolic OH excluding ortho intramolecular Hbond substituents is 2. The number of carbonyl (C=O) groups is 2. The molecule has 0 aliphatic carbocycles. The van der Waals surface area contributed by atoms with Gasteiger partial charge >= 0.3 is 0 Å². The van der Waals surface area contributed by atoms with Gasteiger partial charge in [-0.2, -0.15) is 0 Å². The van der Waals surface area contributed by atoms with E-state index in [-0.39, 0.29) is 41.5 Å². The Labute approximate surface area is 193 Å². The zero-order chi connectivity index (χ0) is 24.2. The molecule has 6 nitrogen and oxygen atoms in total. The van der Waals surface area contributed by atoms with Crippen molar-refractivity contribution in [3.8, 4) is 34.1 Å². The van der Waals surface area contributed by atoms with Crippen LogP contribution >= 0.6 is 0 Å². The first-order valence-electron chi connectivity index (χ1n) is 10.6. The van der Waals surface area contributed by atoms with Gasteiger partial charge in [-0.05, 0) is 59.4 Å². The Bertz CT molecular complexity index is 1170. The van der Waals surface area contributed by atoms with Crippen LogP contribution in [0.25, 0.3) is 11.1 Å². The number of carbonyl (C=O) groups excluding carboxylic acids is 2. The van der Waals surface area contributed by atoms with Gasteiger partial charge in [0.05, 0.1) is 5.56 Å². The summed E-state index contributed by atoms with van der Waals surface area (Å²) in [5.41, 5.74) is 3.14. The molecule has 3 aromatic rings. The van der Waals surface area contributed by atoms with E-state index in [0.29, 0.717) is 23.3 Å². The number of hydrogen-bond donors (Lipinski definition) is 2. The fourth-order valence-corrected chi connectivity index (χ4v) is 3.49. The predicted molar refractivity (Wildman–Crippen MR) is 126 cm³/mol. The molecule has 172 valence electrons. The molecule has 0 saturated heterocycles. The fraction of sp³-hybridized carbons (Fsp3) is 0.259. The van der Waals surface area contributed by atoms with Crippen LogP contribution in [0.2, 0.25) is 0 Å². The summed E-state index contributed by atoms with van der Waals surface area (Å²) in [5.74, 6) is 0.304. The molecule has 0 saturated carbocycles. The number of ether oxygens (including phenoxy) is 2. The summed E-state index contributed by atoms with van der Waals surface area (Å²) in [6.45, 7) is 8.18. The Morgan fingerprint density at radius 1 is 0.970 bits per heavy atom. The highest BCUT2D eigenvalue weighted by atomic mass is 16.5. The largest absolute Gasteiger partial charge is 0.507 e. The Morgan fingerprint density at radius 2 is 1.67 bits per heavy atom. The highest BCUT2D eigenvalue weighted by molar-refractivity contribution is 5.99. The molecule has 0 amide bonds. The van der Waals surface area contributed by atoms with Crippen molar-refractivity contribution in [2.45, 2.75) is 40.7 Å². The highest BCUT2D eigenvalue weighted by Gasteiger charge is 2.21. The van der Waals surface area contributed by atoms with Crippen molar-refractivity contribution in [2.24, 2.45) is 5.41 Å². The van der Waals surface area contributed by atoms with Crippen LogP contribution < -0.4 is 9.47 Å². The third-order valence-corrected chi connectivity index (χ3v) is 5.16. The lowest BCUT2D eigenvalue weighted by Gasteiger charge is -2.18. The van der Waals surface area contributed by atoms with E-state index >= 15 is 0 Å². The minimum atomic E-state index is -0.170. The average molecular weight is 449 g/mol. The Hall–Kier alpha value is -3.80. The second-order valence-electron chi connectivity index (χ2n) is 9.13. The highest BCUT2D eigenvalue weighted by Crippen LogP contribution is 2.34. The molecule has 3 rings (SSSR count). The maximum atomic E-state index is 12.5. The van der Waals surface area contributed by atoms with Crippen LogP contribution in [-0.2, 0) is 11.4 Å². The number of Topliss-reactive ketones (excluding diaryl/α,β-unsaturated/α-hetero) is 1. The van der Waals surface area contributed by atoms with E-state index in [1.807, 2.05) is 45.0 Å². The second-order valence-corrected chi connectivity index (χ2v) is 9.13. The van der Waals surface area contributed by atoms with Crippen molar-refractivity contribution < 1.29 is 29.3 Å². The summed E-state index contributed by atoms with van der Waals surface area (Å²) in [7, 11) is 0. The minimum absolute atomic E-state index is 0.0522. The van der Waals surface area contributed by atoms with Crippen molar-refractivity contribution >= 4 is 12.3 Å². The van der Waals surface area contributed by atoms with E-state index in [0.717, 1.165) is 16.7 Å². The maximum absolute atomic E-state index is 12.5. The molecule has 6 heteroatoms. The van der Waals surface area contributed by atoms with Crippen molar-refractivity contribution in [1.29, 1.82) is 0 Å².